The van der Waals surface area contributed by atoms with Gasteiger partial charge in [0.2, 0.25) is 0 Å². The predicted octanol–water partition coefficient (Wildman–Crippen LogP) is 5.22. The molecule has 1 aromatic heterocycles. The third-order valence-corrected chi connectivity index (χ3v) is 5.69. The van der Waals surface area contributed by atoms with Crippen molar-refractivity contribution in [1.82, 2.24) is 13.9 Å². The van der Waals surface area contributed by atoms with Crippen molar-refractivity contribution in [2.24, 2.45) is 7.05 Å². The maximum absolute atomic E-state index is 13.9. The highest BCUT2D eigenvalue weighted by atomic mass is 35.5. The molecular formula is C19H17ClF3N3OS. The maximum atomic E-state index is 13.9. The van der Waals surface area contributed by atoms with Gasteiger partial charge in [-0.2, -0.15) is 13.2 Å². The lowest BCUT2D eigenvalue weighted by Gasteiger charge is -2.31. The van der Waals surface area contributed by atoms with Gasteiger partial charge in [-0.15, -0.1) is 0 Å². The molecule has 0 bridgehead atoms. The number of benzene rings is 2. The van der Waals surface area contributed by atoms with Gasteiger partial charge in [0.25, 0.3) is 5.56 Å². The fourth-order valence-electron chi connectivity index (χ4n) is 2.88. The van der Waals surface area contributed by atoms with Crippen LogP contribution in [0.3, 0.4) is 0 Å². The molecule has 3 rings (SSSR count). The minimum atomic E-state index is -4.46. The Kier molecular flexibility index (Phi) is 6.02. The molecule has 0 saturated carbocycles. The van der Waals surface area contributed by atoms with Crippen molar-refractivity contribution in [2.45, 2.75) is 24.0 Å². The van der Waals surface area contributed by atoms with Crippen LogP contribution >= 0.6 is 23.5 Å². The molecule has 0 aliphatic rings. The van der Waals surface area contributed by atoms with E-state index in [2.05, 4.69) is 4.98 Å². The summed E-state index contributed by atoms with van der Waals surface area (Å²) < 4.78 is 44.3. The molecule has 4 nitrogen and oxygen atoms in total. The first kappa shape index (κ1) is 20.7. The zero-order valence-corrected chi connectivity index (χ0v) is 16.6. The second-order valence-electron chi connectivity index (χ2n) is 6.13. The summed E-state index contributed by atoms with van der Waals surface area (Å²) in [7, 11) is 1.62. The summed E-state index contributed by atoms with van der Waals surface area (Å²) in [5.41, 5.74) is 1.03. The van der Waals surface area contributed by atoms with Gasteiger partial charge < -0.3 is 4.57 Å². The van der Waals surface area contributed by atoms with Crippen LogP contribution in [0.2, 0.25) is 5.02 Å². The highest BCUT2D eigenvalue weighted by molar-refractivity contribution is 7.97. The molecule has 0 radical (unpaired) electrons. The molecule has 0 spiro atoms. The van der Waals surface area contributed by atoms with Crippen molar-refractivity contribution >= 4 is 34.6 Å². The van der Waals surface area contributed by atoms with E-state index in [-0.39, 0.29) is 17.7 Å². The third kappa shape index (κ3) is 4.34. The summed E-state index contributed by atoms with van der Waals surface area (Å²) in [5, 5.41) is 0.381. The number of nitrogens with zero attached hydrogens (tertiary/aromatic N) is 3. The number of rotatable bonds is 5. The number of aromatic nitrogens is 2. The lowest BCUT2D eigenvalue weighted by Crippen LogP contribution is -2.34. The van der Waals surface area contributed by atoms with Crippen LogP contribution in [0.5, 0.6) is 0 Å². The Hall–Kier alpha value is -2.03. The molecule has 9 heteroatoms. The van der Waals surface area contributed by atoms with Crippen LogP contribution in [-0.2, 0) is 7.05 Å². The minimum absolute atomic E-state index is 0.118. The zero-order chi connectivity index (χ0) is 20.5. The second kappa shape index (κ2) is 8.14. The molecule has 0 saturated heterocycles. The third-order valence-electron chi connectivity index (χ3n) is 4.27. The minimum Gasteiger partial charge on any atom is -0.309 e. The topological polar surface area (TPSA) is 38.1 Å². The van der Waals surface area contributed by atoms with Crippen LogP contribution in [0.4, 0.5) is 13.2 Å². The van der Waals surface area contributed by atoms with Gasteiger partial charge in [0, 0.05) is 23.5 Å². The standard InChI is InChI=1S/C19H17ClF3N3OS/c1-3-26(18(19(21,22)23)12-4-6-13(20)7-5-12)28-14-8-9-16-15(10-14)24-11-17(27)25(16)2/h4-11,18H,3H2,1-2H3/t18-/m1/s1. The molecule has 0 N–H and O–H groups in total. The van der Waals surface area contributed by atoms with Crippen LogP contribution in [0.15, 0.2) is 58.4 Å². The quantitative estimate of drug-likeness (QED) is 0.523. The van der Waals surface area contributed by atoms with Gasteiger partial charge in [0.05, 0.1) is 17.2 Å². The van der Waals surface area contributed by atoms with Crippen LogP contribution in [-0.4, -0.2) is 26.6 Å². The summed E-state index contributed by atoms with van der Waals surface area (Å²) in [6.07, 6.45) is -3.27. The fraction of sp³-hybridized carbons (Fsp3) is 0.263. The van der Waals surface area contributed by atoms with Gasteiger partial charge in [-0.25, -0.2) is 9.29 Å². The molecule has 2 aromatic carbocycles. The number of aryl methyl sites for hydroxylation is 1. The summed E-state index contributed by atoms with van der Waals surface area (Å²) in [6.45, 7) is 1.83. The normalized spacial score (nSPS) is 13.2. The molecule has 0 fully saturated rings. The van der Waals surface area contributed by atoms with Crippen molar-refractivity contribution in [3.8, 4) is 0 Å². The van der Waals surface area contributed by atoms with Crippen LogP contribution in [0.1, 0.15) is 18.5 Å². The van der Waals surface area contributed by atoms with E-state index in [9.17, 15) is 18.0 Å². The summed E-state index contributed by atoms with van der Waals surface area (Å²) in [6, 6.07) is 8.95. The van der Waals surface area contributed by atoms with Crippen LogP contribution in [0, 0.1) is 0 Å². The Morgan fingerprint density at radius 3 is 2.50 bits per heavy atom. The van der Waals surface area contributed by atoms with Gasteiger partial charge >= 0.3 is 6.18 Å². The van der Waals surface area contributed by atoms with Crippen molar-refractivity contribution < 1.29 is 13.2 Å². The van der Waals surface area contributed by atoms with Crippen molar-refractivity contribution in [1.29, 1.82) is 0 Å². The molecule has 3 aromatic rings. The number of halogens is 4. The Morgan fingerprint density at radius 1 is 1.21 bits per heavy atom. The first-order valence-electron chi connectivity index (χ1n) is 8.43. The maximum Gasteiger partial charge on any atom is 0.408 e. The van der Waals surface area contributed by atoms with E-state index in [4.69, 9.17) is 11.6 Å². The van der Waals surface area contributed by atoms with E-state index in [0.717, 1.165) is 11.9 Å². The molecule has 148 valence electrons. The van der Waals surface area contributed by atoms with E-state index >= 15 is 0 Å². The van der Waals surface area contributed by atoms with E-state index in [1.807, 2.05) is 0 Å². The predicted molar refractivity (Wildman–Crippen MR) is 105 cm³/mol. The van der Waals surface area contributed by atoms with Gasteiger partial charge in [0.1, 0.15) is 6.04 Å². The van der Waals surface area contributed by atoms with Gasteiger partial charge in [-0.3, -0.25) is 4.79 Å². The Bertz CT molecular complexity index is 1040. The number of alkyl halides is 3. The summed E-state index contributed by atoms with van der Waals surface area (Å²) in [4.78, 5) is 16.4. The first-order valence-corrected chi connectivity index (χ1v) is 9.58. The highest BCUT2D eigenvalue weighted by Gasteiger charge is 2.44. The van der Waals surface area contributed by atoms with Gasteiger partial charge in [0.15, 0.2) is 0 Å². The van der Waals surface area contributed by atoms with Gasteiger partial charge in [-0.05, 0) is 47.8 Å². The number of hydrogen-bond acceptors (Lipinski definition) is 4. The average molecular weight is 428 g/mol. The number of fused-ring (bicyclic) bond motifs is 1. The zero-order valence-electron chi connectivity index (χ0n) is 15.1. The Balaban J connectivity index is 1.97. The van der Waals surface area contributed by atoms with E-state index in [0.29, 0.717) is 21.0 Å². The Morgan fingerprint density at radius 2 is 1.89 bits per heavy atom. The monoisotopic (exact) mass is 427 g/mol. The summed E-state index contributed by atoms with van der Waals surface area (Å²) >= 11 is 6.82. The molecular weight excluding hydrogens is 411 g/mol. The lowest BCUT2D eigenvalue weighted by atomic mass is 10.1. The molecule has 0 aliphatic heterocycles. The van der Waals surface area contributed by atoms with Crippen LogP contribution < -0.4 is 5.56 Å². The van der Waals surface area contributed by atoms with Gasteiger partial charge in [-0.1, -0.05) is 30.7 Å². The SMILES string of the molecule is CCN(Sc1ccc2c(c1)ncc(=O)n2C)[C@H](c1ccc(Cl)cc1)C(F)(F)F. The highest BCUT2D eigenvalue weighted by Crippen LogP contribution is 2.43. The largest absolute Gasteiger partial charge is 0.408 e. The smallest absolute Gasteiger partial charge is 0.309 e. The molecule has 28 heavy (non-hydrogen) atoms. The number of hydrogen-bond donors (Lipinski definition) is 0. The average Bonchev–Trinajstić information content (AvgIpc) is 2.65. The lowest BCUT2D eigenvalue weighted by molar-refractivity contribution is -0.172. The van der Waals surface area contributed by atoms with Crippen molar-refractivity contribution in [2.75, 3.05) is 6.54 Å². The molecule has 1 atom stereocenters. The second-order valence-corrected chi connectivity index (χ2v) is 7.69. The Labute approximate surface area is 169 Å². The first-order chi connectivity index (χ1) is 13.2. The van der Waals surface area contributed by atoms with Crippen molar-refractivity contribution in [3.63, 3.8) is 0 Å². The molecule has 0 amide bonds. The van der Waals surface area contributed by atoms with E-state index in [1.54, 1.807) is 32.2 Å². The van der Waals surface area contributed by atoms with E-state index in [1.165, 1.54) is 39.3 Å². The van der Waals surface area contributed by atoms with Crippen LogP contribution in [0.25, 0.3) is 11.0 Å². The molecule has 0 unspecified atom stereocenters. The van der Waals surface area contributed by atoms with E-state index < -0.39 is 12.2 Å². The summed E-state index contributed by atoms with van der Waals surface area (Å²) in [5.74, 6) is 0. The molecule has 0 aliphatic carbocycles. The van der Waals surface area contributed by atoms with Crippen molar-refractivity contribution in [3.05, 3.63) is 69.6 Å². The fourth-order valence-corrected chi connectivity index (χ4v) is 4.04. The molecule has 1 heterocycles.